The molecule has 0 spiro atoms. The van der Waals surface area contributed by atoms with E-state index in [0.717, 1.165) is 21.7 Å². The average Bonchev–Trinajstić information content (AvgIpc) is 3.27. The lowest BCUT2D eigenvalue weighted by atomic mass is 10.1. The number of hydrogen-bond donors (Lipinski definition) is 1. The van der Waals surface area contributed by atoms with Gasteiger partial charge in [0, 0.05) is 24.1 Å². The molecule has 0 saturated heterocycles. The molecule has 23 heavy (non-hydrogen) atoms. The van der Waals surface area contributed by atoms with Gasteiger partial charge < -0.3 is 9.88 Å². The highest BCUT2D eigenvalue weighted by Crippen LogP contribution is 2.27. The molecule has 1 atom stereocenters. The van der Waals surface area contributed by atoms with Gasteiger partial charge in [-0.15, -0.1) is 11.3 Å². The van der Waals surface area contributed by atoms with E-state index in [1.807, 2.05) is 16.1 Å². The van der Waals surface area contributed by atoms with E-state index in [0.29, 0.717) is 0 Å². The molecule has 0 aliphatic heterocycles. The minimum atomic E-state index is 0.157. The molecule has 0 aliphatic carbocycles. The van der Waals surface area contributed by atoms with Crippen molar-refractivity contribution >= 4 is 27.4 Å². The molecule has 0 radical (unpaired) electrons. The van der Waals surface area contributed by atoms with E-state index in [1.54, 1.807) is 30.2 Å². The maximum Gasteiger partial charge on any atom is 0.138 e. The standard InChI is InChI=1S/C17H15N5S/c1-12(21-16-15-6-9-23-17(15)20-10-19-16)13-2-4-14(5-3-13)22-8-7-18-11-22/h2-12H,1H3,(H,19,20,21)/t12-/m1/s1. The molecule has 114 valence electrons. The first-order chi connectivity index (χ1) is 11.3. The van der Waals surface area contributed by atoms with Crippen LogP contribution in [0.1, 0.15) is 18.5 Å². The Morgan fingerprint density at radius 2 is 2.00 bits per heavy atom. The van der Waals surface area contributed by atoms with Crippen LogP contribution in [0.2, 0.25) is 0 Å². The number of rotatable bonds is 4. The molecule has 0 aliphatic rings. The summed E-state index contributed by atoms with van der Waals surface area (Å²) in [7, 11) is 0. The highest BCUT2D eigenvalue weighted by atomic mass is 32.1. The van der Waals surface area contributed by atoms with E-state index in [2.05, 4.69) is 57.5 Å². The summed E-state index contributed by atoms with van der Waals surface area (Å²) in [4.78, 5) is 13.7. The lowest BCUT2D eigenvalue weighted by Gasteiger charge is -2.16. The summed E-state index contributed by atoms with van der Waals surface area (Å²) in [6, 6.07) is 10.6. The zero-order valence-electron chi connectivity index (χ0n) is 12.5. The summed E-state index contributed by atoms with van der Waals surface area (Å²) in [5, 5.41) is 6.58. The van der Waals surface area contributed by atoms with E-state index in [-0.39, 0.29) is 6.04 Å². The van der Waals surface area contributed by atoms with Gasteiger partial charge in [-0.2, -0.15) is 0 Å². The molecule has 1 aromatic carbocycles. The van der Waals surface area contributed by atoms with Gasteiger partial charge in [0.1, 0.15) is 17.0 Å². The van der Waals surface area contributed by atoms with Gasteiger partial charge in [-0.1, -0.05) is 12.1 Å². The van der Waals surface area contributed by atoms with E-state index in [1.165, 1.54) is 5.56 Å². The summed E-state index contributed by atoms with van der Waals surface area (Å²) < 4.78 is 1.99. The van der Waals surface area contributed by atoms with E-state index < -0.39 is 0 Å². The van der Waals surface area contributed by atoms with E-state index >= 15 is 0 Å². The van der Waals surface area contributed by atoms with Gasteiger partial charge in [-0.3, -0.25) is 0 Å². The van der Waals surface area contributed by atoms with Crippen LogP contribution in [0.25, 0.3) is 15.9 Å². The summed E-state index contributed by atoms with van der Waals surface area (Å²) in [5.41, 5.74) is 2.30. The van der Waals surface area contributed by atoms with Crippen LogP contribution in [0.4, 0.5) is 5.82 Å². The molecule has 3 heterocycles. The summed E-state index contributed by atoms with van der Waals surface area (Å²) in [6.07, 6.45) is 7.12. The summed E-state index contributed by atoms with van der Waals surface area (Å²) in [5.74, 6) is 0.877. The zero-order chi connectivity index (χ0) is 15.6. The highest BCUT2D eigenvalue weighted by molar-refractivity contribution is 7.16. The number of thiophene rings is 1. The smallest absolute Gasteiger partial charge is 0.138 e. The fourth-order valence-corrected chi connectivity index (χ4v) is 3.27. The predicted molar refractivity (Wildman–Crippen MR) is 93.0 cm³/mol. The first-order valence-electron chi connectivity index (χ1n) is 7.34. The molecule has 6 heteroatoms. The molecular formula is C17H15N5S. The van der Waals surface area contributed by atoms with Crippen molar-refractivity contribution in [1.82, 2.24) is 19.5 Å². The molecule has 0 saturated carbocycles. The van der Waals surface area contributed by atoms with Crippen molar-refractivity contribution < 1.29 is 0 Å². The number of hydrogen-bond acceptors (Lipinski definition) is 5. The van der Waals surface area contributed by atoms with E-state index in [9.17, 15) is 0 Å². The van der Waals surface area contributed by atoms with Crippen LogP contribution in [0.3, 0.4) is 0 Å². The van der Waals surface area contributed by atoms with Crippen molar-refractivity contribution in [3.05, 3.63) is 66.3 Å². The second-order valence-electron chi connectivity index (χ2n) is 5.29. The van der Waals surface area contributed by atoms with Gasteiger partial charge in [0.15, 0.2) is 0 Å². The van der Waals surface area contributed by atoms with Crippen LogP contribution in [0.15, 0.2) is 60.8 Å². The fraction of sp³-hybridized carbons (Fsp3) is 0.118. The van der Waals surface area contributed by atoms with Crippen molar-refractivity contribution in [1.29, 1.82) is 0 Å². The van der Waals surface area contributed by atoms with Crippen molar-refractivity contribution in [2.45, 2.75) is 13.0 Å². The fourth-order valence-electron chi connectivity index (χ4n) is 2.54. The number of anilines is 1. The van der Waals surface area contributed by atoms with Crippen LogP contribution in [0, 0.1) is 0 Å². The van der Waals surface area contributed by atoms with Crippen LogP contribution in [-0.4, -0.2) is 19.5 Å². The van der Waals surface area contributed by atoms with Crippen LogP contribution in [0.5, 0.6) is 0 Å². The molecule has 3 aromatic heterocycles. The Balaban J connectivity index is 1.57. The highest BCUT2D eigenvalue weighted by Gasteiger charge is 2.10. The number of benzene rings is 1. The van der Waals surface area contributed by atoms with Crippen molar-refractivity contribution in [3.8, 4) is 5.69 Å². The van der Waals surface area contributed by atoms with Gasteiger partial charge in [0.2, 0.25) is 0 Å². The van der Waals surface area contributed by atoms with Crippen LogP contribution >= 0.6 is 11.3 Å². The Kier molecular flexibility index (Phi) is 3.51. The minimum Gasteiger partial charge on any atom is -0.363 e. The topological polar surface area (TPSA) is 55.6 Å². The van der Waals surface area contributed by atoms with Gasteiger partial charge in [-0.25, -0.2) is 15.0 Å². The number of nitrogens with one attached hydrogen (secondary N) is 1. The van der Waals surface area contributed by atoms with Crippen molar-refractivity contribution in [3.63, 3.8) is 0 Å². The first kappa shape index (κ1) is 13.9. The third-order valence-electron chi connectivity index (χ3n) is 3.81. The Morgan fingerprint density at radius 1 is 1.13 bits per heavy atom. The third kappa shape index (κ3) is 2.68. The Hall–Kier alpha value is -2.73. The summed E-state index contributed by atoms with van der Waals surface area (Å²) >= 11 is 1.63. The molecule has 0 fully saturated rings. The van der Waals surface area contributed by atoms with Gasteiger partial charge in [0.05, 0.1) is 11.7 Å². The Morgan fingerprint density at radius 3 is 2.78 bits per heavy atom. The Bertz CT molecular complexity index is 912. The molecule has 4 aromatic rings. The van der Waals surface area contributed by atoms with Crippen LogP contribution < -0.4 is 5.32 Å². The maximum atomic E-state index is 4.37. The monoisotopic (exact) mass is 321 g/mol. The molecule has 4 rings (SSSR count). The molecule has 0 unspecified atom stereocenters. The minimum absolute atomic E-state index is 0.157. The molecule has 1 N–H and O–H groups in total. The number of fused-ring (bicyclic) bond motifs is 1. The number of imidazole rings is 1. The number of nitrogens with zero attached hydrogens (tertiary/aromatic N) is 4. The summed E-state index contributed by atoms with van der Waals surface area (Å²) in [6.45, 7) is 2.13. The van der Waals surface area contributed by atoms with Crippen molar-refractivity contribution in [2.75, 3.05) is 5.32 Å². The first-order valence-corrected chi connectivity index (χ1v) is 8.22. The molecule has 5 nitrogen and oxygen atoms in total. The third-order valence-corrected chi connectivity index (χ3v) is 4.63. The van der Waals surface area contributed by atoms with Crippen molar-refractivity contribution in [2.24, 2.45) is 0 Å². The molecular weight excluding hydrogens is 306 g/mol. The van der Waals surface area contributed by atoms with Gasteiger partial charge >= 0.3 is 0 Å². The molecule has 0 amide bonds. The maximum absolute atomic E-state index is 4.37. The van der Waals surface area contributed by atoms with E-state index in [4.69, 9.17) is 0 Å². The molecule has 0 bridgehead atoms. The second kappa shape index (κ2) is 5.81. The quantitative estimate of drug-likeness (QED) is 0.616. The largest absolute Gasteiger partial charge is 0.363 e. The SMILES string of the molecule is C[C@@H](Nc1ncnc2sccc12)c1ccc(-n2ccnc2)cc1. The average molecular weight is 321 g/mol. The lowest BCUT2D eigenvalue weighted by molar-refractivity contribution is 0.874. The lowest BCUT2D eigenvalue weighted by Crippen LogP contribution is -2.08. The van der Waals surface area contributed by atoms with Gasteiger partial charge in [0.25, 0.3) is 0 Å². The number of aromatic nitrogens is 4. The van der Waals surface area contributed by atoms with Crippen LogP contribution in [-0.2, 0) is 0 Å². The Labute approximate surface area is 137 Å². The second-order valence-corrected chi connectivity index (χ2v) is 6.18. The predicted octanol–water partition coefficient (Wildman–Crippen LogP) is 4.05. The normalized spacial score (nSPS) is 12.4. The van der Waals surface area contributed by atoms with Gasteiger partial charge in [-0.05, 0) is 36.1 Å². The zero-order valence-corrected chi connectivity index (χ0v) is 13.4.